The summed E-state index contributed by atoms with van der Waals surface area (Å²) in [5.41, 5.74) is 1.65. The minimum absolute atomic E-state index is 0.181. The van der Waals surface area contributed by atoms with Crippen LogP contribution < -0.4 is 10.6 Å². The van der Waals surface area contributed by atoms with Gasteiger partial charge in [0.05, 0.1) is 6.04 Å². The van der Waals surface area contributed by atoms with Gasteiger partial charge < -0.3 is 10.6 Å². The average Bonchev–Trinajstić information content (AvgIpc) is 2.55. The highest BCUT2D eigenvalue weighted by Crippen LogP contribution is 2.16. The van der Waals surface area contributed by atoms with Crippen LogP contribution in [0.1, 0.15) is 36.9 Å². The molecule has 0 aromatic heterocycles. The first-order valence-electron chi connectivity index (χ1n) is 7.51. The molecule has 122 valence electrons. The van der Waals surface area contributed by atoms with Gasteiger partial charge in [-0.15, -0.1) is 0 Å². The van der Waals surface area contributed by atoms with Gasteiger partial charge in [-0.3, -0.25) is 0 Å². The number of nitrogens with one attached hydrogen (secondary N) is 2. The molecule has 0 bridgehead atoms. The Kier molecular flexibility index (Phi) is 5.68. The van der Waals surface area contributed by atoms with E-state index in [2.05, 4.69) is 10.6 Å². The lowest BCUT2D eigenvalue weighted by Crippen LogP contribution is -2.38. The van der Waals surface area contributed by atoms with Gasteiger partial charge >= 0.3 is 6.03 Å². The van der Waals surface area contributed by atoms with Crippen LogP contribution in [0.3, 0.4) is 0 Å². The monoisotopic (exact) mass is 318 g/mol. The Bertz CT molecular complexity index is 661. The molecule has 2 rings (SSSR count). The zero-order chi connectivity index (χ0) is 16.8. The largest absolute Gasteiger partial charge is 0.338 e. The normalized spacial score (nSPS) is 13.2. The van der Waals surface area contributed by atoms with Crippen molar-refractivity contribution in [1.82, 2.24) is 10.6 Å². The summed E-state index contributed by atoms with van der Waals surface area (Å²) in [5.74, 6) is -1.64. The second kappa shape index (κ2) is 7.72. The van der Waals surface area contributed by atoms with Gasteiger partial charge in [0.2, 0.25) is 0 Å². The highest BCUT2D eigenvalue weighted by atomic mass is 19.2. The quantitative estimate of drug-likeness (QED) is 0.855. The number of rotatable bonds is 5. The first-order valence-corrected chi connectivity index (χ1v) is 7.51. The van der Waals surface area contributed by atoms with E-state index >= 15 is 0 Å². The smallest absolute Gasteiger partial charge is 0.315 e. The summed E-state index contributed by atoms with van der Waals surface area (Å²) in [6.45, 7) is 4.22. The lowest BCUT2D eigenvalue weighted by atomic mass is 10.0. The van der Waals surface area contributed by atoms with Crippen molar-refractivity contribution in [3.05, 3.63) is 71.3 Å². The Morgan fingerprint density at radius 3 is 2.35 bits per heavy atom. The molecule has 0 aliphatic carbocycles. The third kappa shape index (κ3) is 4.77. The number of hydrogen-bond acceptors (Lipinski definition) is 1. The van der Waals surface area contributed by atoms with Gasteiger partial charge in [0.1, 0.15) is 0 Å². The predicted octanol–water partition coefficient (Wildman–Crippen LogP) is 4.13. The summed E-state index contributed by atoms with van der Waals surface area (Å²) in [6.07, 6.45) is 0. The number of urea groups is 1. The summed E-state index contributed by atoms with van der Waals surface area (Å²) in [5, 5.41) is 5.50. The van der Waals surface area contributed by atoms with Crippen molar-refractivity contribution in [2.24, 2.45) is 0 Å². The zero-order valence-electron chi connectivity index (χ0n) is 13.1. The van der Waals surface area contributed by atoms with E-state index in [0.29, 0.717) is 12.1 Å². The number of carbonyl (C=O) groups excluding carboxylic acids is 1. The molecule has 0 heterocycles. The molecule has 0 saturated carbocycles. The maximum atomic E-state index is 13.2. The second-order valence-electron chi connectivity index (χ2n) is 5.56. The Balaban J connectivity index is 1.85. The van der Waals surface area contributed by atoms with Crippen molar-refractivity contribution < 1.29 is 13.6 Å². The van der Waals surface area contributed by atoms with E-state index in [-0.39, 0.29) is 11.9 Å². The number of carbonyl (C=O) groups is 1. The highest BCUT2D eigenvalue weighted by molar-refractivity contribution is 5.74. The van der Waals surface area contributed by atoms with E-state index in [4.69, 9.17) is 0 Å². The third-order valence-corrected chi connectivity index (χ3v) is 3.73. The topological polar surface area (TPSA) is 41.1 Å². The third-order valence-electron chi connectivity index (χ3n) is 3.73. The van der Waals surface area contributed by atoms with Gasteiger partial charge in [-0.05, 0) is 36.1 Å². The summed E-state index contributed by atoms with van der Waals surface area (Å²) in [6, 6.07) is 12.7. The van der Waals surface area contributed by atoms with Gasteiger partial charge in [0, 0.05) is 6.54 Å². The molecule has 0 aliphatic heterocycles. The molecule has 2 N–H and O–H groups in total. The van der Waals surface area contributed by atoms with Gasteiger partial charge in [-0.1, -0.05) is 43.3 Å². The highest BCUT2D eigenvalue weighted by Gasteiger charge is 2.13. The molecular weight excluding hydrogens is 298 g/mol. The van der Waals surface area contributed by atoms with E-state index in [1.165, 1.54) is 6.07 Å². The molecule has 3 nitrogen and oxygen atoms in total. The maximum Gasteiger partial charge on any atom is 0.315 e. The molecule has 0 radical (unpaired) electrons. The summed E-state index contributed by atoms with van der Waals surface area (Å²) >= 11 is 0. The number of benzene rings is 2. The Labute approximate surface area is 134 Å². The van der Waals surface area contributed by atoms with Crippen molar-refractivity contribution in [1.29, 1.82) is 0 Å². The number of halogens is 2. The fourth-order valence-corrected chi connectivity index (χ4v) is 2.26. The molecule has 0 aliphatic rings. The molecule has 2 aromatic rings. The molecule has 0 fully saturated rings. The van der Waals surface area contributed by atoms with Crippen LogP contribution in [-0.2, 0) is 0 Å². The van der Waals surface area contributed by atoms with Crippen LogP contribution in [-0.4, -0.2) is 12.6 Å². The van der Waals surface area contributed by atoms with Crippen LogP contribution in [0.5, 0.6) is 0 Å². The molecule has 23 heavy (non-hydrogen) atoms. The van der Waals surface area contributed by atoms with Crippen molar-refractivity contribution in [2.75, 3.05) is 6.54 Å². The van der Waals surface area contributed by atoms with E-state index < -0.39 is 17.7 Å². The first-order chi connectivity index (χ1) is 11.0. The predicted molar refractivity (Wildman–Crippen MR) is 86.2 cm³/mol. The summed E-state index contributed by atoms with van der Waals surface area (Å²) < 4.78 is 26.1. The molecule has 2 atom stereocenters. The van der Waals surface area contributed by atoms with Crippen molar-refractivity contribution in [3.8, 4) is 0 Å². The van der Waals surface area contributed by atoms with Gasteiger partial charge in [0.15, 0.2) is 11.6 Å². The minimum Gasteiger partial charge on any atom is -0.338 e. The Morgan fingerprint density at radius 1 is 1.00 bits per heavy atom. The van der Waals surface area contributed by atoms with Crippen LogP contribution in [0.15, 0.2) is 48.5 Å². The van der Waals surface area contributed by atoms with Crippen molar-refractivity contribution >= 4 is 6.03 Å². The molecule has 0 saturated heterocycles. The van der Waals surface area contributed by atoms with Crippen LogP contribution in [0, 0.1) is 11.6 Å². The SMILES string of the molecule is CC(CNC(=O)NC(C)c1ccc(F)c(F)c1)c1ccccc1. The van der Waals surface area contributed by atoms with Gasteiger partial charge in [-0.2, -0.15) is 0 Å². The molecular formula is C18H20F2N2O. The van der Waals surface area contributed by atoms with E-state index in [1.54, 1.807) is 6.92 Å². The maximum absolute atomic E-state index is 13.2. The fourth-order valence-electron chi connectivity index (χ4n) is 2.26. The molecule has 2 unspecified atom stereocenters. The van der Waals surface area contributed by atoms with Gasteiger partial charge in [-0.25, -0.2) is 13.6 Å². The average molecular weight is 318 g/mol. The van der Waals surface area contributed by atoms with E-state index in [1.807, 2.05) is 37.3 Å². The Hall–Kier alpha value is -2.43. The molecule has 0 spiro atoms. The van der Waals surface area contributed by atoms with Crippen molar-refractivity contribution in [2.45, 2.75) is 25.8 Å². The van der Waals surface area contributed by atoms with Crippen molar-refractivity contribution in [3.63, 3.8) is 0 Å². The lowest BCUT2D eigenvalue weighted by Gasteiger charge is -2.17. The zero-order valence-corrected chi connectivity index (χ0v) is 13.1. The summed E-state index contributed by atoms with van der Waals surface area (Å²) in [4.78, 5) is 11.9. The van der Waals surface area contributed by atoms with E-state index in [0.717, 1.165) is 17.7 Å². The van der Waals surface area contributed by atoms with Crippen LogP contribution >= 0.6 is 0 Å². The summed E-state index contributed by atoms with van der Waals surface area (Å²) in [7, 11) is 0. The second-order valence-corrected chi connectivity index (χ2v) is 5.56. The van der Waals surface area contributed by atoms with Crippen LogP contribution in [0.4, 0.5) is 13.6 Å². The van der Waals surface area contributed by atoms with Crippen LogP contribution in [0.2, 0.25) is 0 Å². The molecule has 2 aromatic carbocycles. The van der Waals surface area contributed by atoms with E-state index in [9.17, 15) is 13.6 Å². The standard InChI is InChI=1S/C18H20F2N2O/c1-12(14-6-4-3-5-7-14)11-21-18(23)22-13(2)15-8-9-16(19)17(20)10-15/h3-10,12-13H,11H2,1-2H3,(H2,21,22,23). The number of amides is 2. The van der Waals surface area contributed by atoms with Crippen LogP contribution in [0.25, 0.3) is 0 Å². The minimum atomic E-state index is -0.922. The Morgan fingerprint density at radius 2 is 1.70 bits per heavy atom. The number of hydrogen-bond donors (Lipinski definition) is 2. The first kappa shape index (κ1) is 16.9. The van der Waals surface area contributed by atoms with Gasteiger partial charge in [0.25, 0.3) is 0 Å². The lowest BCUT2D eigenvalue weighted by molar-refractivity contribution is 0.237. The fraction of sp³-hybridized carbons (Fsp3) is 0.278. The molecule has 2 amide bonds. The molecule has 5 heteroatoms.